The lowest BCUT2D eigenvalue weighted by atomic mass is 10.0. The van der Waals surface area contributed by atoms with Gasteiger partial charge in [0.25, 0.3) is 0 Å². The number of nitrogens with one attached hydrogen (secondary N) is 1. The zero-order valence-electron chi connectivity index (χ0n) is 16.7. The number of carbonyl (C=O) groups excluding carboxylic acids is 1. The molecular weight excluding hydrogens is 418 g/mol. The molecule has 1 amide bonds. The molecule has 0 bridgehead atoms. The van der Waals surface area contributed by atoms with E-state index in [1.807, 2.05) is 18.2 Å². The zero-order chi connectivity index (χ0) is 21.7. The van der Waals surface area contributed by atoms with Crippen molar-refractivity contribution in [2.24, 2.45) is 0 Å². The van der Waals surface area contributed by atoms with Gasteiger partial charge in [0.2, 0.25) is 5.91 Å². The average molecular weight is 441 g/mol. The standard InChI is InChI=1S/C21H23ClF2N2O4/c1-28-14-6-7-15(19(11-14)29-2)17-4-3-9-26(17)12-20(27)25-13-5-8-18(16(22)10-13)30-21(23)24/h5-8,10-11,17,21H,3-4,9,12H2,1-2H3,(H,25,27)/t17-/m0/s1. The van der Waals surface area contributed by atoms with Crippen molar-refractivity contribution in [3.63, 3.8) is 0 Å². The Hall–Kier alpha value is -2.58. The van der Waals surface area contributed by atoms with Gasteiger partial charge >= 0.3 is 6.61 Å². The summed E-state index contributed by atoms with van der Waals surface area (Å²) in [5.74, 6) is 1.05. The van der Waals surface area contributed by atoms with Gasteiger partial charge in [-0.1, -0.05) is 17.7 Å². The minimum absolute atomic E-state index is 0.00452. The van der Waals surface area contributed by atoms with Gasteiger partial charge in [-0.05, 0) is 43.7 Å². The van der Waals surface area contributed by atoms with Crippen LogP contribution in [0.25, 0.3) is 0 Å². The molecular formula is C21H23ClF2N2O4. The van der Waals surface area contributed by atoms with E-state index in [0.29, 0.717) is 17.2 Å². The van der Waals surface area contributed by atoms with Crippen LogP contribution in [-0.2, 0) is 4.79 Å². The maximum absolute atomic E-state index is 12.6. The van der Waals surface area contributed by atoms with E-state index in [1.54, 1.807) is 14.2 Å². The van der Waals surface area contributed by atoms with Gasteiger partial charge in [-0.3, -0.25) is 9.69 Å². The molecule has 3 rings (SSSR count). The summed E-state index contributed by atoms with van der Waals surface area (Å²) in [4.78, 5) is 14.7. The van der Waals surface area contributed by atoms with Crippen LogP contribution < -0.4 is 19.5 Å². The Balaban J connectivity index is 1.67. The Morgan fingerprint density at radius 2 is 2.00 bits per heavy atom. The number of benzene rings is 2. The molecule has 0 aromatic heterocycles. The molecule has 162 valence electrons. The maximum atomic E-state index is 12.6. The smallest absolute Gasteiger partial charge is 0.387 e. The minimum atomic E-state index is -2.97. The molecule has 2 aromatic carbocycles. The summed E-state index contributed by atoms with van der Waals surface area (Å²) in [6.07, 6.45) is 1.86. The van der Waals surface area contributed by atoms with E-state index >= 15 is 0 Å². The lowest BCUT2D eigenvalue weighted by Gasteiger charge is -2.26. The Kier molecular flexibility index (Phi) is 7.33. The molecule has 1 heterocycles. The number of likely N-dealkylation sites (tertiary alicyclic amines) is 1. The third kappa shape index (κ3) is 5.31. The molecule has 0 saturated carbocycles. The fourth-order valence-electron chi connectivity index (χ4n) is 3.62. The van der Waals surface area contributed by atoms with Crippen LogP contribution in [0, 0.1) is 0 Å². The van der Waals surface area contributed by atoms with Crippen LogP contribution >= 0.6 is 11.6 Å². The normalized spacial score (nSPS) is 16.5. The van der Waals surface area contributed by atoms with Crippen LogP contribution in [0.5, 0.6) is 17.2 Å². The molecule has 1 saturated heterocycles. The van der Waals surface area contributed by atoms with E-state index in [2.05, 4.69) is 15.0 Å². The molecule has 1 N–H and O–H groups in total. The molecule has 1 aliphatic heterocycles. The number of hydrogen-bond acceptors (Lipinski definition) is 5. The predicted molar refractivity (Wildman–Crippen MR) is 110 cm³/mol. The number of hydrogen-bond donors (Lipinski definition) is 1. The first-order chi connectivity index (χ1) is 14.4. The second-order valence-electron chi connectivity index (χ2n) is 6.81. The molecule has 9 heteroatoms. The molecule has 2 aromatic rings. The van der Waals surface area contributed by atoms with Crippen LogP contribution in [0.15, 0.2) is 36.4 Å². The summed E-state index contributed by atoms with van der Waals surface area (Å²) < 4.78 is 39.8. The molecule has 0 spiro atoms. The van der Waals surface area contributed by atoms with E-state index in [1.165, 1.54) is 18.2 Å². The van der Waals surface area contributed by atoms with Gasteiger partial charge in [0, 0.05) is 23.4 Å². The molecule has 1 aliphatic rings. The second-order valence-corrected chi connectivity index (χ2v) is 7.22. The Labute approximate surface area is 178 Å². The largest absolute Gasteiger partial charge is 0.497 e. The zero-order valence-corrected chi connectivity index (χ0v) is 17.4. The van der Waals surface area contributed by atoms with Gasteiger partial charge in [0.1, 0.15) is 17.2 Å². The molecule has 30 heavy (non-hydrogen) atoms. The number of methoxy groups -OCH3 is 2. The number of carbonyl (C=O) groups is 1. The van der Waals surface area contributed by atoms with Crippen LogP contribution in [-0.4, -0.2) is 44.7 Å². The number of anilines is 1. The van der Waals surface area contributed by atoms with Crippen LogP contribution in [0.4, 0.5) is 14.5 Å². The number of halogens is 3. The van der Waals surface area contributed by atoms with Crippen LogP contribution in [0.1, 0.15) is 24.4 Å². The molecule has 0 aliphatic carbocycles. The summed E-state index contributed by atoms with van der Waals surface area (Å²) in [6.45, 7) is -2.02. The topological polar surface area (TPSA) is 60.0 Å². The highest BCUT2D eigenvalue weighted by atomic mass is 35.5. The lowest BCUT2D eigenvalue weighted by Crippen LogP contribution is -2.33. The van der Waals surface area contributed by atoms with Crippen molar-refractivity contribution in [2.45, 2.75) is 25.5 Å². The van der Waals surface area contributed by atoms with Crippen LogP contribution in [0.3, 0.4) is 0 Å². The van der Waals surface area contributed by atoms with Gasteiger partial charge < -0.3 is 19.5 Å². The predicted octanol–water partition coefficient (Wildman–Crippen LogP) is 4.73. The number of rotatable bonds is 8. The highest BCUT2D eigenvalue weighted by Gasteiger charge is 2.30. The SMILES string of the molecule is COc1ccc([C@@H]2CCCN2CC(=O)Nc2ccc(OC(F)F)c(Cl)c2)c(OC)c1. The first-order valence-electron chi connectivity index (χ1n) is 9.41. The lowest BCUT2D eigenvalue weighted by molar-refractivity contribution is -0.117. The van der Waals surface area contributed by atoms with Gasteiger partial charge in [-0.2, -0.15) is 8.78 Å². The van der Waals surface area contributed by atoms with E-state index in [4.69, 9.17) is 21.1 Å². The van der Waals surface area contributed by atoms with Crippen molar-refractivity contribution in [3.8, 4) is 17.2 Å². The van der Waals surface area contributed by atoms with E-state index in [0.717, 1.165) is 24.9 Å². The monoisotopic (exact) mass is 440 g/mol. The fraction of sp³-hybridized carbons (Fsp3) is 0.381. The van der Waals surface area contributed by atoms with Crippen molar-refractivity contribution < 1.29 is 27.8 Å². The summed E-state index contributed by atoms with van der Waals surface area (Å²) in [5.41, 5.74) is 1.41. The molecule has 1 atom stereocenters. The van der Waals surface area contributed by atoms with E-state index in [9.17, 15) is 13.6 Å². The number of nitrogens with zero attached hydrogens (tertiary/aromatic N) is 1. The van der Waals surface area contributed by atoms with E-state index < -0.39 is 6.61 Å². The molecule has 0 radical (unpaired) electrons. The summed E-state index contributed by atoms with van der Waals surface area (Å²) in [6, 6.07) is 9.85. The fourth-order valence-corrected chi connectivity index (χ4v) is 3.84. The van der Waals surface area contributed by atoms with Gasteiger partial charge in [-0.15, -0.1) is 0 Å². The summed E-state index contributed by atoms with van der Waals surface area (Å²) in [7, 11) is 3.20. The Morgan fingerprint density at radius 3 is 2.67 bits per heavy atom. The second kappa shape index (κ2) is 9.95. The number of ether oxygens (including phenoxy) is 3. The third-order valence-electron chi connectivity index (χ3n) is 4.94. The Bertz CT molecular complexity index is 897. The van der Waals surface area contributed by atoms with Gasteiger partial charge in [0.15, 0.2) is 0 Å². The van der Waals surface area contributed by atoms with Crippen molar-refractivity contribution in [3.05, 3.63) is 47.0 Å². The quantitative estimate of drug-likeness (QED) is 0.642. The third-order valence-corrected chi connectivity index (χ3v) is 5.24. The Morgan fingerprint density at radius 1 is 1.20 bits per heavy atom. The molecule has 1 fully saturated rings. The number of alkyl halides is 2. The average Bonchev–Trinajstić information content (AvgIpc) is 3.16. The van der Waals surface area contributed by atoms with Crippen molar-refractivity contribution in [1.82, 2.24) is 4.90 Å². The first kappa shape index (κ1) is 22.1. The highest BCUT2D eigenvalue weighted by Crippen LogP contribution is 2.38. The first-order valence-corrected chi connectivity index (χ1v) is 9.79. The van der Waals surface area contributed by atoms with E-state index in [-0.39, 0.29) is 29.3 Å². The minimum Gasteiger partial charge on any atom is -0.497 e. The highest BCUT2D eigenvalue weighted by molar-refractivity contribution is 6.32. The van der Waals surface area contributed by atoms with Crippen LogP contribution in [0.2, 0.25) is 5.02 Å². The summed E-state index contributed by atoms with van der Waals surface area (Å²) in [5, 5.41) is 2.75. The van der Waals surface area contributed by atoms with Crippen molar-refractivity contribution in [1.29, 1.82) is 0 Å². The van der Waals surface area contributed by atoms with Crippen molar-refractivity contribution in [2.75, 3.05) is 32.6 Å². The van der Waals surface area contributed by atoms with Gasteiger partial charge in [-0.25, -0.2) is 0 Å². The molecule has 0 unspecified atom stereocenters. The summed E-state index contributed by atoms with van der Waals surface area (Å²) >= 11 is 5.94. The number of amides is 1. The van der Waals surface area contributed by atoms with Gasteiger partial charge in [0.05, 0.1) is 25.8 Å². The van der Waals surface area contributed by atoms with Crippen molar-refractivity contribution >= 4 is 23.2 Å². The molecule has 6 nitrogen and oxygen atoms in total. The maximum Gasteiger partial charge on any atom is 0.387 e.